The highest BCUT2D eigenvalue weighted by Gasteiger charge is 2.24. The van der Waals surface area contributed by atoms with E-state index in [-0.39, 0.29) is 5.91 Å². The van der Waals surface area contributed by atoms with Crippen molar-refractivity contribution in [1.82, 2.24) is 15.0 Å². The highest BCUT2D eigenvalue weighted by molar-refractivity contribution is 7.10. The Balaban J connectivity index is 1.38. The van der Waals surface area contributed by atoms with E-state index in [2.05, 4.69) is 10.1 Å². The zero-order valence-corrected chi connectivity index (χ0v) is 16.7. The van der Waals surface area contributed by atoms with Gasteiger partial charge in [0.2, 0.25) is 17.6 Å². The molecule has 6 heteroatoms. The molecule has 5 nitrogen and oxygen atoms in total. The third kappa shape index (κ3) is 4.39. The largest absolute Gasteiger partial charge is 0.339 e. The Bertz CT molecular complexity index is 962. The lowest BCUT2D eigenvalue weighted by Gasteiger charge is -2.31. The van der Waals surface area contributed by atoms with E-state index in [1.807, 2.05) is 59.7 Å². The van der Waals surface area contributed by atoms with Gasteiger partial charge in [-0.1, -0.05) is 35.5 Å². The number of aromatic nitrogens is 2. The van der Waals surface area contributed by atoms with Gasteiger partial charge in [0.25, 0.3) is 0 Å². The minimum atomic E-state index is 0.0734. The summed E-state index contributed by atoms with van der Waals surface area (Å²) in [5.74, 6) is 1.70. The second-order valence-electron chi connectivity index (χ2n) is 7.17. The topological polar surface area (TPSA) is 59.2 Å². The molecule has 144 valence electrons. The SMILES string of the molecule is Cc1ccccc1-c1noc(CC2CCCN(C(=O)C=Cc3cccs3)C2)n1. The molecular weight excluding hydrogens is 370 g/mol. The molecule has 4 rings (SSSR count). The van der Waals surface area contributed by atoms with Crippen LogP contribution in [0, 0.1) is 12.8 Å². The van der Waals surface area contributed by atoms with Crippen molar-refractivity contribution in [3.8, 4) is 11.4 Å². The molecule has 1 aromatic carbocycles. The van der Waals surface area contributed by atoms with Crippen LogP contribution in [0.4, 0.5) is 0 Å². The van der Waals surface area contributed by atoms with Gasteiger partial charge in [-0.3, -0.25) is 4.79 Å². The Morgan fingerprint density at radius 1 is 1.32 bits per heavy atom. The zero-order chi connectivity index (χ0) is 19.3. The van der Waals surface area contributed by atoms with E-state index in [0.29, 0.717) is 24.1 Å². The first-order valence-corrected chi connectivity index (χ1v) is 10.5. The summed E-state index contributed by atoms with van der Waals surface area (Å²) in [5.41, 5.74) is 2.12. The van der Waals surface area contributed by atoms with Crippen LogP contribution in [0.15, 0.2) is 52.4 Å². The molecule has 1 fully saturated rings. The van der Waals surface area contributed by atoms with E-state index in [9.17, 15) is 4.79 Å². The summed E-state index contributed by atoms with van der Waals surface area (Å²) >= 11 is 1.63. The van der Waals surface area contributed by atoms with Crippen LogP contribution in [0.5, 0.6) is 0 Å². The normalized spacial score (nSPS) is 17.3. The Morgan fingerprint density at radius 3 is 3.04 bits per heavy atom. The Kier molecular flexibility index (Phi) is 5.67. The number of rotatable bonds is 5. The smallest absolute Gasteiger partial charge is 0.246 e. The first kappa shape index (κ1) is 18.6. The van der Waals surface area contributed by atoms with Crippen LogP contribution in [-0.4, -0.2) is 34.0 Å². The van der Waals surface area contributed by atoms with E-state index in [1.165, 1.54) is 0 Å². The van der Waals surface area contributed by atoms with Gasteiger partial charge in [-0.15, -0.1) is 11.3 Å². The standard InChI is InChI=1S/C22H23N3O2S/c1-16-6-2-3-9-19(16)22-23-20(27-24-22)14-17-7-4-12-25(15-17)21(26)11-10-18-8-5-13-28-18/h2-3,5-6,8-11,13,17H,4,7,12,14-15H2,1H3. The number of hydrogen-bond donors (Lipinski definition) is 0. The van der Waals surface area contributed by atoms with Gasteiger partial charge >= 0.3 is 0 Å². The molecule has 28 heavy (non-hydrogen) atoms. The fourth-order valence-electron chi connectivity index (χ4n) is 3.59. The van der Waals surface area contributed by atoms with Gasteiger partial charge in [-0.2, -0.15) is 4.98 Å². The molecular formula is C22H23N3O2S. The van der Waals surface area contributed by atoms with Gasteiger partial charge in [-0.05, 0) is 48.8 Å². The molecule has 0 saturated carbocycles. The van der Waals surface area contributed by atoms with E-state index < -0.39 is 0 Å². The molecule has 0 radical (unpaired) electrons. The molecule has 1 amide bonds. The van der Waals surface area contributed by atoms with Gasteiger partial charge in [-0.25, -0.2) is 0 Å². The lowest BCUT2D eigenvalue weighted by molar-refractivity contribution is -0.127. The summed E-state index contributed by atoms with van der Waals surface area (Å²) in [4.78, 5) is 20.1. The monoisotopic (exact) mass is 393 g/mol. The molecule has 1 aliphatic heterocycles. The maximum absolute atomic E-state index is 12.5. The zero-order valence-electron chi connectivity index (χ0n) is 15.9. The van der Waals surface area contributed by atoms with Crippen molar-refractivity contribution in [1.29, 1.82) is 0 Å². The summed E-state index contributed by atoms with van der Waals surface area (Å²) in [5, 5.41) is 6.16. The van der Waals surface area contributed by atoms with Crippen molar-refractivity contribution in [3.05, 3.63) is 64.2 Å². The highest BCUT2D eigenvalue weighted by Crippen LogP contribution is 2.24. The highest BCUT2D eigenvalue weighted by atomic mass is 32.1. The maximum atomic E-state index is 12.5. The van der Waals surface area contributed by atoms with Gasteiger partial charge in [0, 0.05) is 36.0 Å². The lowest BCUT2D eigenvalue weighted by atomic mass is 9.94. The molecule has 0 N–H and O–H groups in total. The average molecular weight is 394 g/mol. The molecule has 3 heterocycles. The Labute approximate surface area is 168 Å². The summed E-state index contributed by atoms with van der Waals surface area (Å²) in [6.07, 6.45) is 6.35. The quantitative estimate of drug-likeness (QED) is 0.595. The van der Waals surface area contributed by atoms with Gasteiger partial charge in [0.15, 0.2) is 0 Å². The molecule has 1 saturated heterocycles. The van der Waals surface area contributed by atoms with Gasteiger partial charge in [0.1, 0.15) is 0 Å². The number of amides is 1. The summed E-state index contributed by atoms with van der Waals surface area (Å²) in [6.45, 7) is 3.58. The maximum Gasteiger partial charge on any atom is 0.246 e. The molecule has 1 unspecified atom stereocenters. The number of carbonyl (C=O) groups is 1. The number of nitrogens with zero attached hydrogens (tertiary/aromatic N) is 3. The molecule has 2 aromatic heterocycles. The molecule has 1 atom stereocenters. The van der Waals surface area contributed by atoms with Gasteiger partial charge in [0.05, 0.1) is 0 Å². The summed E-state index contributed by atoms with van der Waals surface area (Å²) in [6, 6.07) is 12.0. The van der Waals surface area contributed by atoms with Crippen molar-refractivity contribution in [2.75, 3.05) is 13.1 Å². The number of carbonyl (C=O) groups excluding carboxylic acids is 1. The summed E-state index contributed by atoms with van der Waals surface area (Å²) in [7, 11) is 0. The first-order chi connectivity index (χ1) is 13.7. The van der Waals surface area contributed by atoms with Crippen LogP contribution in [0.3, 0.4) is 0 Å². The first-order valence-electron chi connectivity index (χ1n) is 9.58. The molecule has 3 aromatic rings. The minimum absolute atomic E-state index is 0.0734. The third-order valence-corrected chi connectivity index (χ3v) is 5.92. The van der Waals surface area contributed by atoms with Crippen LogP contribution in [0.1, 0.15) is 29.2 Å². The summed E-state index contributed by atoms with van der Waals surface area (Å²) < 4.78 is 5.49. The minimum Gasteiger partial charge on any atom is -0.339 e. The fourth-order valence-corrected chi connectivity index (χ4v) is 4.21. The van der Waals surface area contributed by atoms with Crippen LogP contribution in [-0.2, 0) is 11.2 Å². The predicted octanol–water partition coefficient (Wildman–Crippen LogP) is 4.60. The Hall–Kier alpha value is -2.73. The van der Waals surface area contributed by atoms with E-state index in [1.54, 1.807) is 17.4 Å². The third-order valence-electron chi connectivity index (χ3n) is 5.08. The van der Waals surface area contributed by atoms with Crippen LogP contribution in [0.2, 0.25) is 0 Å². The fraction of sp³-hybridized carbons (Fsp3) is 0.318. The number of benzene rings is 1. The van der Waals surface area contributed by atoms with Crippen molar-refractivity contribution in [3.63, 3.8) is 0 Å². The second kappa shape index (κ2) is 8.52. The second-order valence-corrected chi connectivity index (χ2v) is 8.15. The van der Waals surface area contributed by atoms with Crippen molar-refractivity contribution >= 4 is 23.3 Å². The lowest BCUT2D eigenvalue weighted by Crippen LogP contribution is -2.39. The van der Waals surface area contributed by atoms with E-state index in [4.69, 9.17) is 4.52 Å². The number of thiophene rings is 1. The van der Waals surface area contributed by atoms with Crippen LogP contribution in [0.25, 0.3) is 17.5 Å². The number of aryl methyl sites for hydroxylation is 1. The number of hydrogen-bond acceptors (Lipinski definition) is 5. The predicted molar refractivity (Wildman–Crippen MR) is 111 cm³/mol. The Morgan fingerprint density at radius 2 is 2.21 bits per heavy atom. The van der Waals surface area contributed by atoms with Crippen molar-refractivity contribution in [2.24, 2.45) is 5.92 Å². The molecule has 0 spiro atoms. The molecule has 0 aliphatic carbocycles. The van der Waals surface area contributed by atoms with E-state index >= 15 is 0 Å². The molecule has 0 bridgehead atoms. The van der Waals surface area contributed by atoms with E-state index in [0.717, 1.165) is 41.9 Å². The average Bonchev–Trinajstić information content (AvgIpc) is 3.39. The van der Waals surface area contributed by atoms with Crippen LogP contribution < -0.4 is 0 Å². The number of likely N-dealkylation sites (tertiary alicyclic amines) is 1. The van der Waals surface area contributed by atoms with Gasteiger partial charge < -0.3 is 9.42 Å². The van der Waals surface area contributed by atoms with Crippen molar-refractivity contribution < 1.29 is 9.32 Å². The van der Waals surface area contributed by atoms with Crippen molar-refractivity contribution in [2.45, 2.75) is 26.2 Å². The number of piperidine rings is 1. The molecule has 1 aliphatic rings. The van der Waals surface area contributed by atoms with Crippen LogP contribution >= 0.6 is 11.3 Å².